The van der Waals surface area contributed by atoms with Crippen LogP contribution in [0.2, 0.25) is 0 Å². The Kier molecular flexibility index (Phi) is 8.05. The molecular formula is C29H32O5. The average molecular weight is 461 g/mol. The summed E-state index contributed by atoms with van der Waals surface area (Å²) in [5, 5.41) is 0. The monoisotopic (exact) mass is 460 g/mol. The Balaban J connectivity index is 1.36. The summed E-state index contributed by atoms with van der Waals surface area (Å²) in [7, 11) is 0. The van der Waals surface area contributed by atoms with Crippen LogP contribution in [0.4, 0.5) is 0 Å². The molecule has 0 radical (unpaired) electrons. The lowest BCUT2D eigenvalue weighted by atomic mass is 9.89. The molecule has 5 heteroatoms. The van der Waals surface area contributed by atoms with E-state index < -0.39 is 5.79 Å². The Morgan fingerprint density at radius 3 is 2.62 bits per heavy atom. The van der Waals surface area contributed by atoms with Gasteiger partial charge in [-0.15, -0.1) is 5.92 Å². The summed E-state index contributed by atoms with van der Waals surface area (Å²) in [5.41, 5.74) is 4.66. The zero-order valence-electron chi connectivity index (χ0n) is 20.0. The van der Waals surface area contributed by atoms with Crippen molar-refractivity contribution in [1.82, 2.24) is 0 Å². The van der Waals surface area contributed by atoms with Gasteiger partial charge in [0, 0.05) is 12.8 Å². The standard InChI is InChI=1S/C29H32O5/c1-3-6-25(20-28(30)31-4-2)23-9-11-27(12-10-23)32-21-22-7-5-8-26(19-22)24-13-15-29(16-14-24)33-17-18-34-29/h5,7-13,19,25H,4,14-18,20-21H2,1-2H3/t25-/m0/s1. The molecule has 1 spiro atoms. The van der Waals surface area contributed by atoms with Crippen molar-refractivity contribution in [2.75, 3.05) is 19.8 Å². The first-order chi connectivity index (χ1) is 16.6. The minimum atomic E-state index is -0.394. The number of rotatable bonds is 8. The lowest BCUT2D eigenvalue weighted by Crippen LogP contribution is -2.31. The number of esters is 1. The number of carbonyl (C=O) groups is 1. The molecule has 2 aromatic carbocycles. The molecular weight excluding hydrogens is 428 g/mol. The summed E-state index contributed by atoms with van der Waals surface area (Å²) >= 11 is 0. The van der Waals surface area contributed by atoms with Crippen LogP contribution in [0.1, 0.15) is 62.1 Å². The van der Waals surface area contributed by atoms with Gasteiger partial charge in [-0.25, -0.2) is 0 Å². The molecule has 2 aliphatic rings. The molecule has 1 atom stereocenters. The van der Waals surface area contributed by atoms with E-state index in [-0.39, 0.29) is 18.3 Å². The van der Waals surface area contributed by atoms with E-state index in [1.54, 1.807) is 6.92 Å². The highest BCUT2D eigenvalue weighted by molar-refractivity contribution is 5.71. The van der Waals surface area contributed by atoms with Crippen LogP contribution in [0.25, 0.3) is 5.57 Å². The first kappa shape index (κ1) is 24.1. The molecule has 1 heterocycles. The van der Waals surface area contributed by atoms with Gasteiger partial charge in [0.2, 0.25) is 0 Å². The van der Waals surface area contributed by atoms with Gasteiger partial charge >= 0.3 is 5.97 Å². The molecule has 5 nitrogen and oxygen atoms in total. The zero-order chi connectivity index (χ0) is 23.8. The molecule has 0 N–H and O–H groups in total. The number of ether oxygens (including phenoxy) is 4. The highest BCUT2D eigenvalue weighted by Crippen LogP contribution is 2.38. The maximum atomic E-state index is 11.9. The van der Waals surface area contributed by atoms with Crippen molar-refractivity contribution in [2.24, 2.45) is 0 Å². The minimum Gasteiger partial charge on any atom is -0.489 e. The summed E-state index contributed by atoms with van der Waals surface area (Å²) in [5.74, 6) is 5.99. The van der Waals surface area contributed by atoms with E-state index in [0.717, 1.165) is 36.1 Å². The van der Waals surface area contributed by atoms with E-state index in [1.807, 2.05) is 31.2 Å². The molecule has 0 aromatic heterocycles. The fourth-order valence-electron chi connectivity index (χ4n) is 4.47. The van der Waals surface area contributed by atoms with E-state index in [2.05, 4.69) is 42.2 Å². The third kappa shape index (κ3) is 6.08. The third-order valence-electron chi connectivity index (χ3n) is 6.23. The van der Waals surface area contributed by atoms with Crippen molar-refractivity contribution < 1.29 is 23.7 Å². The van der Waals surface area contributed by atoms with Crippen LogP contribution in [0, 0.1) is 11.8 Å². The van der Waals surface area contributed by atoms with Crippen LogP contribution in [0.5, 0.6) is 5.75 Å². The largest absolute Gasteiger partial charge is 0.489 e. The van der Waals surface area contributed by atoms with Crippen molar-refractivity contribution in [2.45, 2.75) is 57.8 Å². The van der Waals surface area contributed by atoms with E-state index in [1.165, 1.54) is 11.1 Å². The first-order valence-corrected chi connectivity index (χ1v) is 12.0. The lowest BCUT2D eigenvalue weighted by molar-refractivity contribution is -0.159. The van der Waals surface area contributed by atoms with Crippen molar-refractivity contribution in [1.29, 1.82) is 0 Å². The Labute approximate surface area is 202 Å². The molecule has 0 amide bonds. The van der Waals surface area contributed by atoms with Crippen molar-refractivity contribution in [3.8, 4) is 17.6 Å². The lowest BCUT2D eigenvalue weighted by Gasteiger charge is -2.30. The quantitative estimate of drug-likeness (QED) is 0.377. The molecule has 1 saturated heterocycles. The van der Waals surface area contributed by atoms with Gasteiger partial charge in [0.15, 0.2) is 5.79 Å². The Morgan fingerprint density at radius 2 is 1.94 bits per heavy atom. The Morgan fingerprint density at radius 1 is 1.15 bits per heavy atom. The predicted molar refractivity (Wildman–Crippen MR) is 131 cm³/mol. The van der Waals surface area contributed by atoms with Gasteiger partial charge in [-0.2, -0.15) is 0 Å². The fraction of sp³-hybridized carbons (Fsp3) is 0.414. The molecule has 4 rings (SSSR count). The molecule has 1 aliphatic heterocycles. The van der Waals surface area contributed by atoms with Crippen LogP contribution in [0.3, 0.4) is 0 Å². The predicted octanol–water partition coefficient (Wildman–Crippen LogP) is 5.64. The molecule has 34 heavy (non-hydrogen) atoms. The molecule has 0 unspecified atom stereocenters. The van der Waals surface area contributed by atoms with Crippen LogP contribution < -0.4 is 4.74 Å². The highest BCUT2D eigenvalue weighted by atomic mass is 16.7. The van der Waals surface area contributed by atoms with Gasteiger partial charge in [-0.3, -0.25) is 4.79 Å². The van der Waals surface area contributed by atoms with Crippen LogP contribution in [-0.4, -0.2) is 31.6 Å². The van der Waals surface area contributed by atoms with E-state index in [9.17, 15) is 4.79 Å². The molecule has 0 saturated carbocycles. The SMILES string of the molecule is CC#C[C@@H](CC(=O)OCC)c1ccc(OCc2cccc(C3=CCC4(CC3)OCCO4)c2)cc1. The summed E-state index contributed by atoms with van der Waals surface area (Å²) in [4.78, 5) is 11.9. The third-order valence-corrected chi connectivity index (χ3v) is 6.23. The summed E-state index contributed by atoms with van der Waals surface area (Å²) in [6.07, 6.45) is 5.14. The van der Waals surface area contributed by atoms with Crippen molar-refractivity contribution >= 4 is 11.5 Å². The molecule has 1 aliphatic carbocycles. The number of carbonyl (C=O) groups excluding carboxylic acids is 1. The van der Waals surface area contributed by atoms with E-state index >= 15 is 0 Å². The molecule has 1 fully saturated rings. The van der Waals surface area contributed by atoms with Gasteiger partial charge in [0.25, 0.3) is 0 Å². The molecule has 2 aromatic rings. The normalized spacial score (nSPS) is 17.4. The van der Waals surface area contributed by atoms with Gasteiger partial charge in [-0.1, -0.05) is 42.3 Å². The van der Waals surface area contributed by atoms with Crippen molar-refractivity contribution in [3.63, 3.8) is 0 Å². The number of benzene rings is 2. The van der Waals surface area contributed by atoms with Gasteiger partial charge in [0.05, 0.1) is 32.2 Å². The second kappa shape index (κ2) is 11.4. The number of allylic oxidation sites excluding steroid dienone is 1. The summed E-state index contributed by atoms with van der Waals surface area (Å²) in [6, 6.07) is 16.3. The van der Waals surface area contributed by atoms with Crippen molar-refractivity contribution in [3.05, 3.63) is 71.3 Å². The maximum absolute atomic E-state index is 11.9. The Bertz CT molecular complexity index is 1070. The summed E-state index contributed by atoms with van der Waals surface area (Å²) < 4.78 is 22.8. The number of hydrogen-bond donors (Lipinski definition) is 0. The topological polar surface area (TPSA) is 54.0 Å². The highest BCUT2D eigenvalue weighted by Gasteiger charge is 2.37. The fourth-order valence-corrected chi connectivity index (χ4v) is 4.47. The van der Waals surface area contributed by atoms with Gasteiger partial charge in [0.1, 0.15) is 12.4 Å². The molecule has 0 bridgehead atoms. The molecule has 178 valence electrons. The number of hydrogen-bond acceptors (Lipinski definition) is 5. The van der Waals surface area contributed by atoms with Crippen LogP contribution >= 0.6 is 0 Å². The second-order valence-corrected chi connectivity index (χ2v) is 8.56. The first-order valence-electron chi connectivity index (χ1n) is 12.0. The maximum Gasteiger partial charge on any atom is 0.307 e. The van der Waals surface area contributed by atoms with Gasteiger partial charge < -0.3 is 18.9 Å². The Hall–Kier alpha value is -3.07. The van der Waals surface area contributed by atoms with Crippen LogP contribution in [-0.2, 0) is 25.6 Å². The summed E-state index contributed by atoms with van der Waals surface area (Å²) in [6.45, 7) is 5.82. The average Bonchev–Trinajstić information content (AvgIpc) is 3.31. The van der Waals surface area contributed by atoms with E-state index in [4.69, 9.17) is 18.9 Å². The minimum absolute atomic E-state index is 0.183. The zero-order valence-corrected chi connectivity index (χ0v) is 20.0. The van der Waals surface area contributed by atoms with Crippen LogP contribution in [0.15, 0.2) is 54.6 Å². The van der Waals surface area contributed by atoms with E-state index in [0.29, 0.717) is 26.4 Å². The van der Waals surface area contributed by atoms with Gasteiger partial charge in [-0.05, 0) is 60.7 Å². The smallest absolute Gasteiger partial charge is 0.307 e. The second-order valence-electron chi connectivity index (χ2n) is 8.56.